The molecule has 0 bridgehead atoms. The van der Waals surface area contributed by atoms with Gasteiger partial charge in [0.25, 0.3) is 0 Å². The maximum absolute atomic E-state index is 7.28. The Morgan fingerprint density at radius 3 is 2.86 bits per heavy atom. The van der Waals surface area contributed by atoms with E-state index in [9.17, 15) is 0 Å². The molecule has 2 rings (SSSR count). The molecule has 6 N–H and O–H groups in total. The van der Waals surface area contributed by atoms with Crippen molar-refractivity contribution in [3.05, 3.63) is 53.7 Å². The molecule has 22 heavy (non-hydrogen) atoms. The summed E-state index contributed by atoms with van der Waals surface area (Å²) < 4.78 is 0. The van der Waals surface area contributed by atoms with Gasteiger partial charge in [0, 0.05) is 24.5 Å². The molecule has 1 heterocycles. The Balaban J connectivity index is 2.18. The second-order valence-electron chi connectivity index (χ2n) is 4.53. The van der Waals surface area contributed by atoms with E-state index in [2.05, 4.69) is 15.3 Å². The van der Waals surface area contributed by atoms with Crippen LogP contribution in [0.1, 0.15) is 11.3 Å². The van der Waals surface area contributed by atoms with Gasteiger partial charge in [-0.3, -0.25) is 0 Å². The zero-order valence-electron chi connectivity index (χ0n) is 12.2. The van der Waals surface area contributed by atoms with Crippen molar-refractivity contribution in [2.24, 2.45) is 10.7 Å². The quantitative estimate of drug-likeness (QED) is 0.385. The lowest BCUT2D eigenvalue weighted by molar-refractivity contribution is 1.26. The van der Waals surface area contributed by atoms with Gasteiger partial charge >= 0.3 is 0 Å². The van der Waals surface area contributed by atoms with E-state index < -0.39 is 0 Å². The largest absolute Gasteiger partial charge is 0.398 e. The highest BCUT2D eigenvalue weighted by molar-refractivity contribution is 5.97. The number of aromatic nitrogens is 1. The van der Waals surface area contributed by atoms with Crippen molar-refractivity contribution >= 4 is 35.3 Å². The van der Waals surface area contributed by atoms with E-state index in [1.54, 1.807) is 30.4 Å². The van der Waals surface area contributed by atoms with E-state index in [4.69, 9.17) is 16.9 Å². The highest BCUT2D eigenvalue weighted by atomic mass is 15.0. The number of anilines is 2. The van der Waals surface area contributed by atoms with E-state index in [1.165, 1.54) is 6.21 Å². The summed E-state index contributed by atoms with van der Waals surface area (Å²) in [5, 5.41) is 10.3. The molecule has 1 aromatic heterocycles. The van der Waals surface area contributed by atoms with Crippen LogP contribution in [0.4, 0.5) is 17.2 Å². The number of nitrogens with two attached hydrogens (primary N) is 2. The molecule has 0 aliphatic heterocycles. The molecule has 0 radical (unpaired) electrons. The second kappa shape index (κ2) is 7.03. The number of amidine groups is 1. The Bertz CT molecular complexity index is 733. The average Bonchev–Trinajstić information content (AvgIpc) is 2.55. The van der Waals surface area contributed by atoms with Crippen molar-refractivity contribution in [3.63, 3.8) is 0 Å². The molecule has 0 unspecified atom stereocenters. The number of nitrogens with one attached hydrogen (secondary N) is 2. The predicted molar refractivity (Wildman–Crippen MR) is 92.8 cm³/mol. The summed E-state index contributed by atoms with van der Waals surface area (Å²) >= 11 is 0. The van der Waals surface area contributed by atoms with Gasteiger partial charge in [0.2, 0.25) is 0 Å². The minimum atomic E-state index is 0.345. The first-order chi connectivity index (χ1) is 10.6. The lowest BCUT2D eigenvalue weighted by Gasteiger charge is -2.02. The van der Waals surface area contributed by atoms with Crippen LogP contribution in [-0.4, -0.2) is 24.1 Å². The van der Waals surface area contributed by atoms with Crippen molar-refractivity contribution in [3.8, 4) is 0 Å². The fourth-order valence-corrected chi connectivity index (χ4v) is 1.80. The summed E-state index contributed by atoms with van der Waals surface area (Å²) in [4.78, 5) is 8.63. The molecule has 0 spiro atoms. The van der Waals surface area contributed by atoms with Crippen LogP contribution in [0.5, 0.6) is 0 Å². The first-order valence-electron chi connectivity index (χ1n) is 6.69. The fraction of sp³-hybridized carbons (Fsp3) is 0.0625. The van der Waals surface area contributed by atoms with Crippen LogP contribution in [-0.2, 0) is 0 Å². The summed E-state index contributed by atoms with van der Waals surface area (Å²) in [5.74, 6) is 1.13. The molecule has 0 aliphatic rings. The second-order valence-corrected chi connectivity index (χ2v) is 4.53. The highest BCUT2D eigenvalue weighted by Crippen LogP contribution is 2.18. The lowest BCUT2D eigenvalue weighted by Crippen LogP contribution is -2.07. The zero-order valence-corrected chi connectivity index (χ0v) is 12.2. The molecule has 0 aliphatic carbocycles. The topological polar surface area (TPSA) is 113 Å². The molecular formula is C16H18N6. The van der Waals surface area contributed by atoms with Gasteiger partial charge in [-0.25, -0.2) is 9.98 Å². The average molecular weight is 294 g/mol. The number of rotatable bonds is 5. The number of nitrogen functional groups attached to an aromatic ring is 1. The monoisotopic (exact) mass is 294 g/mol. The first kappa shape index (κ1) is 15.2. The Kier molecular flexibility index (Phi) is 4.87. The van der Waals surface area contributed by atoms with Crippen molar-refractivity contribution in [1.29, 1.82) is 5.41 Å². The molecule has 0 atom stereocenters. The van der Waals surface area contributed by atoms with E-state index >= 15 is 0 Å². The van der Waals surface area contributed by atoms with Gasteiger partial charge in [-0.05, 0) is 42.5 Å². The van der Waals surface area contributed by atoms with Crippen molar-refractivity contribution in [2.75, 3.05) is 18.1 Å². The SMILES string of the molecule is CNc1cccc(/C=C/C(N)=Nc2ccc(N)c(C=N)c2)n1. The van der Waals surface area contributed by atoms with Crippen LogP contribution in [0.15, 0.2) is 47.5 Å². The number of pyridine rings is 1. The highest BCUT2D eigenvalue weighted by Gasteiger charge is 1.98. The van der Waals surface area contributed by atoms with Crippen LogP contribution in [0.25, 0.3) is 6.08 Å². The molecule has 6 heteroatoms. The fourth-order valence-electron chi connectivity index (χ4n) is 1.80. The van der Waals surface area contributed by atoms with Gasteiger partial charge < -0.3 is 22.2 Å². The molecule has 112 valence electrons. The lowest BCUT2D eigenvalue weighted by atomic mass is 10.2. The third-order valence-corrected chi connectivity index (χ3v) is 2.94. The third kappa shape index (κ3) is 3.92. The van der Waals surface area contributed by atoms with Crippen molar-refractivity contribution < 1.29 is 0 Å². The maximum atomic E-state index is 7.28. The Morgan fingerprint density at radius 1 is 1.32 bits per heavy atom. The molecule has 0 saturated heterocycles. The van der Waals surface area contributed by atoms with E-state index in [0.717, 1.165) is 11.5 Å². The molecule has 6 nitrogen and oxygen atoms in total. The Morgan fingerprint density at radius 2 is 2.14 bits per heavy atom. The van der Waals surface area contributed by atoms with Crippen LogP contribution in [0.2, 0.25) is 0 Å². The number of benzene rings is 1. The summed E-state index contributed by atoms with van der Waals surface area (Å²) in [5.41, 5.74) is 14.2. The molecule has 0 amide bonds. The smallest absolute Gasteiger partial charge is 0.126 e. The minimum absolute atomic E-state index is 0.345. The van der Waals surface area contributed by atoms with E-state index in [-0.39, 0.29) is 0 Å². The normalized spacial score (nSPS) is 11.6. The van der Waals surface area contributed by atoms with Gasteiger partial charge in [0.1, 0.15) is 11.7 Å². The van der Waals surface area contributed by atoms with Crippen LogP contribution < -0.4 is 16.8 Å². The number of aliphatic imine (C=N–C) groups is 1. The molecule has 2 aromatic rings. The maximum Gasteiger partial charge on any atom is 0.126 e. The summed E-state index contributed by atoms with van der Waals surface area (Å²) in [7, 11) is 1.81. The summed E-state index contributed by atoms with van der Waals surface area (Å²) in [6.07, 6.45) is 4.66. The van der Waals surface area contributed by atoms with Gasteiger partial charge in [-0.2, -0.15) is 0 Å². The van der Waals surface area contributed by atoms with Gasteiger partial charge in [0.05, 0.1) is 11.4 Å². The predicted octanol–water partition coefficient (Wildman–Crippen LogP) is 2.41. The first-order valence-corrected chi connectivity index (χ1v) is 6.69. The van der Waals surface area contributed by atoms with Crippen molar-refractivity contribution in [1.82, 2.24) is 4.98 Å². The Labute approximate surface area is 129 Å². The van der Waals surface area contributed by atoms with Crippen molar-refractivity contribution in [2.45, 2.75) is 0 Å². The van der Waals surface area contributed by atoms with Crippen LogP contribution >= 0.6 is 0 Å². The third-order valence-electron chi connectivity index (χ3n) is 2.94. The van der Waals surface area contributed by atoms with Crippen LogP contribution in [0.3, 0.4) is 0 Å². The number of hydrogen-bond acceptors (Lipinski definition) is 5. The van der Waals surface area contributed by atoms with Gasteiger partial charge in [0.15, 0.2) is 0 Å². The molecule has 0 fully saturated rings. The van der Waals surface area contributed by atoms with E-state index in [0.29, 0.717) is 22.8 Å². The number of hydrogen-bond donors (Lipinski definition) is 4. The minimum Gasteiger partial charge on any atom is -0.398 e. The summed E-state index contributed by atoms with van der Waals surface area (Å²) in [6, 6.07) is 10.8. The van der Waals surface area contributed by atoms with Crippen LogP contribution in [0, 0.1) is 5.41 Å². The summed E-state index contributed by atoms with van der Waals surface area (Å²) in [6.45, 7) is 0. The zero-order chi connectivity index (χ0) is 15.9. The van der Waals surface area contributed by atoms with E-state index in [1.807, 2.05) is 25.2 Å². The van der Waals surface area contributed by atoms with Gasteiger partial charge in [-0.1, -0.05) is 6.07 Å². The molecule has 0 saturated carbocycles. The Hall–Kier alpha value is -3.15. The molecular weight excluding hydrogens is 276 g/mol. The molecule has 1 aromatic carbocycles. The standard InChI is InChI=1S/C16H18N6/c1-20-16-4-2-3-12(22-16)6-8-15(19)21-13-5-7-14(18)11(9-13)10-17/h2-10,17H,18H2,1H3,(H2,19,21)(H,20,22)/b8-6+,17-10?. The van der Waals surface area contributed by atoms with Gasteiger partial charge in [-0.15, -0.1) is 0 Å². The number of nitrogens with zero attached hydrogens (tertiary/aromatic N) is 2.